The van der Waals surface area contributed by atoms with E-state index in [-0.39, 0.29) is 5.69 Å². The normalized spacial score (nSPS) is 13.0. The van der Waals surface area contributed by atoms with E-state index in [0.717, 1.165) is 35.2 Å². The van der Waals surface area contributed by atoms with Crippen molar-refractivity contribution >= 4 is 21.6 Å². The number of sulfonamides is 1. The Hall–Kier alpha value is -1.70. The summed E-state index contributed by atoms with van der Waals surface area (Å²) in [4.78, 5) is 12.2. The van der Waals surface area contributed by atoms with Gasteiger partial charge in [0.2, 0.25) is 15.9 Å². The summed E-state index contributed by atoms with van der Waals surface area (Å²) in [5.41, 5.74) is -0.0992. The van der Waals surface area contributed by atoms with Crippen molar-refractivity contribution in [3.8, 4) is 0 Å². The van der Waals surface area contributed by atoms with Gasteiger partial charge in [-0.15, -0.1) is 0 Å². The lowest BCUT2D eigenvalue weighted by Crippen LogP contribution is -2.48. The zero-order valence-electron chi connectivity index (χ0n) is 13.6. The number of carbonyl (C=O) groups excluding carboxylic acids is 1. The van der Waals surface area contributed by atoms with Gasteiger partial charge < -0.3 is 5.32 Å². The Kier molecular flexibility index (Phi) is 6.49. The molecule has 23 heavy (non-hydrogen) atoms. The topological polar surface area (TPSA) is 66.5 Å². The van der Waals surface area contributed by atoms with Crippen LogP contribution in [-0.4, -0.2) is 33.2 Å². The molecule has 1 amide bonds. The Labute approximate surface area is 135 Å². The van der Waals surface area contributed by atoms with Gasteiger partial charge in [0.05, 0.1) is 11.9 Å². The predicted octanol–water partition coefficient (Wildman–Crippen LogP) is 2.28. The van der Waals surface area contributed by atoms with Gasteiger partial charge in [-0.2, -0.15) is 0 Å². The van der Waals surface area contributed by atoms with Crippen LogP contribution in [0.15, 0.2) is 18.2 Å². The van der Waals surface area contributed by atoms with Crippen molar-refractivity contribution in [1.29, 1.82) is 0 Å². The third-order valence-electron chi connectivity index (χ3n) is 3.27. The number of benzene rings is 1. The number of amides is 1. The zero-order valence-corrected chi connectivity index (χ0v) is 14.5. The number of anilines is 1. The molecule has 0 aliphatic rings. The highest BCUT2D eigenvalue weighted by molar-refractivity contribution is 7.92. The van der Waals surface area contributed by atoms with Gasteiger partial charge in [0.25, 0.3) is 0 Å². The predicted molar refractivity (Wildman–Crippen MR) is 85.6 cm³/mol. The van der Waals surface area contributed by atoms with E-state index in [1.165, 1.54) is 6.92 Å². The summed E-state index contributed by atoms with van der Waals surface area (Å²) in [6, 6.07) is 1.62. The minimum atomic E-state index is -3.85. The van der Waals surface area contributed by atoms with Gasteiger partial charge in [0.1, 0.15) is 6.04 Å². The van der Waals surface area contributed by atoms with E-state index in [2.05, 4.69) is 5.32 Å². The van der Waals surface area contributed by atoms with Crippen molar-refractivity contribution in [2.45, 2.75) is 33.2 Å². The molecule has 0 bridgehead atoms. The van der Waals surface area contributed by atoms with Gasteiger partial charge in [0.15, 0.2) is 11.6 Å². The molecule has 5 nitrogen and oxygen atoms in total. The van der Waals surface area contributed by atoms with E-state index in [9.17, 15) is 22.0 Å². The molecule has 0 radical (unpaired) electrons. The van der Waals surface area contributed by atoms with Crippen LogP contribution in [0.25, 0.3) is 0 Å². The van der Waals surface area contributed by atoms with Gasteiger partial charge in [-0.1, -0.05) is 13.8 Å². The summed E-state index contributed by atoms with van der Waals surface area (Å²) in [7, 11) is -3.85. The molecule has 8 heteroatoms. The maximum atomic E-state index is 13.4. The lowest BCUT2D eigenvalue weighted by Gasteiger charge is -2.28. The molecule has 0 aliphatic carbocycles. The van der Waals surface area contributed by atoms with Gasteiger partial charge in [-0.05, 0) is 31.4 Å². The molecule has 1 rings (SSSR count). The van der Waals surface area contributed by atoms with E-state index in [1.54, 1.807) is 0 Å². The van der Waals surface area contributed by atoms with E-state index in [4.69, 9.17) is 0 Å². The molecule has 0 spiro atoms. The van der Waals surface area contributed by atoms with Gasteiger partial charge in [-0.25, -0.2) is 17.2 Å². The summed E-state index contributed by atoms with van der Waals surface area (Å²) in [5, 5.41) is 2.65. The minimum absolute atomic E-state index is 0.0992. The molecule has 1 atom stereocenters. The van der Waals surface area contributed by atoms with Crippen LogP contribution in [0.1, 0.15) is 27.2 Å². The Balaban J connectivity index is 3.02. The third kappa shape index (κ3) is 5.46. The summed E-state index contributed by atoms with van der Waals surface area (Å²) >= 11 is 0. The highest BCUT2D eigenvalue weighted by Crippen LogP contribution is 2.23. The van der Waals surface area contributed by atoms with E-state index >= 15 is 0 Å². The second kappa shape index (κ2) is 7.72. The average molecular weight is 348 g/mol. The molecule has 0 unspecified atom stereocenters. The first-order valence-electron chi connectivity index (χ1n) is 7.26. The summed E-state index contributed by atoms with van der Waals surface area (Å²) in [6.45, 7) is 5.81. The maximum Gasteiger partial charge on any atom is 0.243 e. The fraction of sp³-hybridized carbons (Fsp3) is 0.533. The molecular weight excluding hydrogens is 326 g/mol. The molecule has 1 N–H and O–H groups in total. The van der Waals surface area contributed by atoms with Crippen LogP contribution in [0.4, 0.5) is 14.5 Å². The van der Waals surface area contributed by atoms with Gasteiger partial charge >= 0.3 is 0 Å². The fourth-order valence-corrected chi connectivity index (χ4v) is 3.23. The van der Waals surface area contributed by atoms with Crippen LogP contribution in [0, 0.1) is 17.6 Å². The Morgan fingerprint density at radius 3 is 2.30 bits per heavy atom. The first-order valence-corrected chi connectivity index (χ1v) is 9.11. The molecule has 1 aromatic carbocycles. The lowest BCUT2D eigenvalue weighted by molar-refractivity contribution is -0.121. The SMILES string of the molecule is CC(C)CCNC(=O)[C@H](C)N(c1ccc(F)c(F)c1)S(C)(=O)=O. The third-order valence-corrected chi connectivity index (χ3v) is 4.51. The Morgan fingerprint density at radius 1 is 1.22 bits per heavy atom. The monoisotopic (exact) mass is 348 g/mol. The number of halogens is 2. The molecule has 130 valence electrons. The minimum Gasteiger partial charge on any atom is -0.354 e. The fourth-order valence-electron chi connectivity index (χ4n) is 2.06. The van der Waals surface area contributed by atoms with E-state index < -0.39 is 33.6 Å². The highest BCUT2D eigenvalue weighted by atomic mass is 32.2. The van der Waals surface area contributed by atoms with Crippen LogP contribution in [-0.2, 0) is 14.8 Å². The second-order valence-corrected chi connectivity index (χ2v) is 7.67. The molecule has 0 heterocycles. The standard InChI is InChI=1S/C15H22F2N2O3S/c1-10(2)7-8-18-15(20)11(3)19(23(4,21)22)12-5-6-13(16)14(17)9-12/h5-6,9-11H,7-8H2,1-4H3,(H,18,20)/t11-/m0/s1. The highest BCUT2D eigenvalue weighted by Gasteiger charge is 2.29. The number of nitrogens with zero attached hydrogens (tertiary/aromatic N) is 1. The van der Waals surface area contributed by atoms with Crippen molar-refractivity contribution in [3.63, 3.8) is 0 Å². The van der Waals surface area contributed by atoms with Crippen LogP contribution >= 0.6 is 0 Å². The Morgan fingerprint density at radius 2 is 1.83 bits per heavy atom. The van der Waals surface area contributed by atoms with Crippen molar-refractivity contribution in [1.82, 2.24) is 5.32 Å². The smallest absolute Gasteiger partial charge is 0.243 e. The number of hydrogen-bond donors (Lipinski definition) is 1. The zero-order chi connectivity index (χ0) is 17.8. The van der Waals surface area contributed by atoms with Crippen molar-refractivity contribution in [3.05, 3.63) is 29.8 Å². The molecule has 0 fully saturated rings. The molecule has 0 saturated carbocycles. The summed E-state index contributed by atoms with van der Waals surface area (Å²) < 4.78 is 51.2. The molecular formula is C15H22F2N2O3S. The first-order chi connectivity index (χ1) is 10.5. The van der Waals surface area contributed by atoms with E-state index in [0.29, 0.717) is 12.5 Å². The largest absolute Gasteiger partial charge is 0.354 e. The quantitative estimate of drug-likeness (QED) is 0.822. The molecule has 0 saturated heterocycles. The molecule has 0 aliphatic heterocycles. The van der Waals surface area contributed by atoms with E-state index in [1.807, 2.05) is 13.8 Å². The summed E-state index contributed by atoms with van der Waals surface area (Å²) in [5.74, 6) is -2.37. The number of rotatable bonds is 7. The maximum absolute atomic E-state index is 13.4. The second-order valence-electron chi connectivity index (χ2n) is 5.81. The molecule has 1 aromatic rings. The van der Waals surface area contributed by atoms with Crippen molar-refractivity contribution in [2.24, 2.45) is 5.92 Å². The number of carbonyl (C=O) groups is 1. The first kappa shape index (κ1) is 19.3. The van der Waals surface area contributed by atoms with Crippen molar-refractivity contribution in [2.75, 3.05) is 17.1 Å². The van der Waals surface area contributed by atoms with Gasteiger partial charge in [-0.3, -0.25) is 9.10 Å². The van der Waals surface area contributed by atoms with Gasteiger partial charge in [0, 0.05) is 12.6 Å². The van der Waals surface area contributed by atoms with Crippen molar-refractivity contribution < 1.29 is 22.0 Å². The average Bonchev–Trinajstić information content (AvgIpc) is 2.40. The van der Waals surface area contributed by atoms with Crippen LogP contribution < -0.4 is 9.62 Å². The van der Waals surface area contributed by atoms with Crippen LogP contribution in [0.2, 0.25) is 0 Å². The van der Waals surface area contributed by atoms with Crippen LogP contribution in [0.5, 0.6) is 0 Å². The molecule has 0 aromatic heterocycles. The summed E-state index contributed by atoms with van der Waals surface area (Å²) in [6.07, 6.45) is 1.66. The Bertz CT molecular complexity index is 663. The number of hydrogen-bond acceptors (Lipinski definition) is 3. The number of nitrogens with one attached hydrogen (secondary N) is 1. The van der Waals surface area contributed by atoms with Crippen LogP contribution in [0.3, 0.4) is 0 Å². The lowest BCUT2D eigenvalue weighted by atomic mass is 10.1.